The summed E-state index contributed by atoms with van der Waals surface area (Å²) in [4.78, 5) is 27.1. The molecule has 3 amide bonds. The molecule has 1 saturated heterocycles. The van der Waals surface area contributed by atoms with E-state index in [1.807, 2.05) is 30.3 Å². The van der Waals surface area contributed by atoms with E-state index >= 15 is 0 Å². The van der Waals surface area contributed by atoms with Crippen LogP contribution in [-0.4, -0.2) is 54.7 Å². The Balaban J connectivity index is 1.87. The van der Waals surface area contributed by atoms with Crippen molar-refractivity contribution < 1.29 is 14.7 Å². The Morgan fingerprint density at radius 1 is 1.25 bits per heavy atom. The molecule has 1 aliphatic heterocycles. The fourth-order valence-electron chi connectivity index (χ4n) is 2.11. The molecule has 1 aliphatic rings. The van der Waals surface area contributed by atoms with E-state index in [1.54, 1.807) is 4.90 Å². The second-order valence-electron chi connectivity index (χ2n) is 4.62. The van der Waals surface area contributed by atoms with Crippen molar-refractivity contribution in [3.63, 3.8) is 0 Å². The number of nitrogens with one attached hydrogen (secondary N) is 1. The number of rotatable bonds is 6. The molecule has 2 N–H and O–H groups in total. The van der Waals surface area contributed by atoms with Crippen LogP contribution in [0.2, 0.25) is 0 Å². The predicted octanol–water partition coefficient (Wildman–Crippen LogP) is 0.427. The Hall–Kier alpha value is -2.08. The van der Waals surface area contributed by atoms with Crippen molar-refractivity contribution in [3.8, 4) is 0 Å². The molecule has 1 aromatic carbocycles. The second kappa shape index (κ2) is 6.91. The van der Waals surface area contributed by atoms with Gasteiger partial charge in [-0.15, -0.1) is 0 Å². The largest absolute Gasteiger partial charge is 0.396 e. The first kappa shape index (κ1) is 14.3. The molecule has 1 aromatic rings. The van der Waals surface area contributed by atoms with E-state index in [0.29, 0.717) is 26.1 Å². The van der Waals surface area contributed by atoms with Crippen LogP contribution in [0.15, 0.2) is 30.3 Å². The number of anilines is 1. The monoisotopic (exact) mass is 277 g/mol. The first-order valence-corrected chi connectivity index (χ1v) is 6.71. The van der Waals surface area contributed by atoms with Gasteiger partial charge in [-0.3, -0.25) is 9.69 Å². The molecule has 0 aromatic heterocycles. The maximum atomic E-state index is 12.2. The molecule has 0 bridgehead atoms. The van der Waals surface area contributed by atoms with Gasteiger partial charge in [0.15, 0.2) is 0 Å². The molecule has 0 saturated carbocycles. The zero-order chi connectivity index (χ0) is 14.4. The normalized spacial score (nSPS) is 14.8. The van der Waals surface area contributed by atoms with E-state index in [9.17, 15) is 9.59 Å². The van der Waals surface area contributed by atoms with Crippen molar-refractivity contribution in [2.24, 2.45) is 0 Å². The van der Waals surface area contributed by atoms with Gasteiger partial charge in [-0.25, -0.2) is 4.79 Å². The highest BCUT2D eigenvalue weighted by atomic mass is 16.3. The first-order chi connectivity index (χ1) is 9.72. The SMILES string of the molecule is O=C(CN1CCN(c2ccccc2)C1=O)NCCCO. The Kier molecular flexibility index (Phi) is 4.95. The molecule has 6 nitrogen and oxygen atoms in total. The highest BCUT2D eigenvalue weighted by molar-refractivity contribution is 5.96. The van der Waals surface area contributed by atoms with Crippen LogP contribution in [0.3, 0.4) is 0 Å². The Bertz CT molecular complexity index is 464. The van der Waals surface area contributed by atoms with E-state index in [4.69, 9.17) is 5.11 Å². The average molecular weight is 277 g/mol. The number of para-hydroxylation sites is 1. The van der Waals surface area contributed by atoms with Gasteiger partial charge in [0.2, 0.25) is 5.91 Å². The summed E-state index contributed by atoms with van der Waals surface area (Å²) in [5, 5.41) is 11.3. The molecule has 6 heteroatoms. The standard InChI is InChI=1S/C14H19N3O3/c18-10-4-7-15-13(19)11-16-8-9-17(14(16)20)12-5-2-1-3-6-12/h1-3,5-6,18H,4,7-11H2,(H,15,19). The van der Waals surface area contributed by atoms with Gasteiger partial charge in [-0.1, -0.05) is 18.2 Å². The number of hydrogen-bond donors (Lipinski definition) is 2. The number of amides is 3. The molecule has 1 heterocycles. The van der Waals surface area contributed by atoms with Crippen LogP contribution in [0.5, 0.6) is 0 Å². The number of carbonyl (C=O) groups excluding carboxylic acids is 2. The van der Waals surface area contributed by atoms with Crippen molar-refractivity contribution in [3.05, 3.63) is 30.3 Å². The van der Waals surface area contributed by atoms with E-state index in [-0.39, 0.29) is 25.1 Å². The summed E-state index contributed by atoms with van der Waals surface area (Å²) >= 11 is 0. The van der Waals surface area contributed by atoms with E-state index in [1.165, 1.54) is 4.90 Å². The van der Waals surface area contributed by atoms with Gasteiger partial charge >= 0.3 is 6.03 Å². The lowest BCUT2D eigenvalue weighted by atomic mass is 10.3. The van der Waals surface area contributed by atoms with Crippen LogP contribution >= 0.6 is 0 Å². The van der Waals surface area contributed by atoms with Gasteiger partial charge in [0.1, 0.15) is 6.54 Å². The minimum atomic E-state index is -0.193. The topological polar surface area (TPSA) is 72.9 Å². The molecular formula is C14H19N3O3. The van der Waals surface area contributed by atoms with Crippen LogP contribution < -0.4 is 10.2 Å². The highest BCUT2D eigenvalue weighted by Crippen LogP contribution is 2.19. The van der Waals surface area contributed by atoms with Crippen LogP contribution in [0.1, 0.15) is 6.42 Å². The molecule has 108 valence electrons. The van der Waals surface area contributed by atoms with Crippen molar-refractivity contribution in [1.29, 1.82) is 0 Å². The minimum Gasteiger partial charge on any atom is -0.396 e. The molecular weight excluding hydrogens is 258 g/mol. The quantitative estimate of drug-likeness (QED) is 0.741. The summed E-state index contributed by atoms with van der Waals surface area (Å²) < 4.78 is 0. The Labute approximate surface area is 118 Å². The van der Waals surface area contributed by atoms with E-state index in [0.717, 1.165) is 5.69 Å². The molecule has 1 fully saturated rings. The summed E-state index contributed by atoms with van der Waals surface area (Å²) in [6, 6.07) is 9.27. The van der Waals surface area contributed by atoms with Gasteiger partial charge in [0.05, 0.1) is 0 Å². The summed E-state index contributed by atoms with van der Waals surface area (Å²) in [7, 11) is 0. The average Bonchev–Trinajstić information content (AvgIpc) is 2.81. The lowest BCUT2D eigenvalue weighted by Crippen LogP contribution is -2.40. The lowest BCUT2D eigenvalue weighted by molar-refractivity contribution is -0.121. The van der Waals surface area contributed by atoms with Crippen molar-refractivity contribution >= 4 is 17.6 Å². The predicted molar refractivity (Wildman–Crippen MR) is 75.5 cm³/mol. The van der Waals surface area contributed by atoms with Crippen molar-refractivity contribution in [2.45, 2.75) is 6.42 Å². The van der Waals surface area contributed by atoms with Crippen molar-refractivity contribution in [2.75, 3.05) is 37.7 Å². The number of aliphatic hydroxyl groups excluding tert-OH is 1. The van der Waals surface area contributed by atoms with E-state index in [2.05, 4.69) is 5.32 Å². The molecule has 0 atom stereocenters. The molecule has 0 aliphatic carbocycles. The zero-order valence-electron chi connectivity index (χ0n) is 11.3. The third-order valence-electron chi connectivity index (χ3n) is 3.15. The van der Waals surface area contributed by atoms with Gasteiger partial charge in [0, 0.05) is 31.9 Å². The number of nitrogens with zero attached hydrogens (tertiary/aromatic N) is 2. The Morgan fingerprint density at radius 3 is 2.70 bits per heavy atom. The number of aliphatic hydroxyl groups is 1. The molecule has 2 rings (SSSR count). The van der Waals surface area contributed by atoms with Crippen LogP contribution in [0, 0.1) is 0 Å². The fraction of sp³-hybridized carbons (Fsp3) is 0.429. The Morgan fingerprint density at radius 2 is 2.00 bits per heavy atom. The van der Waals surface area contributed by atoms with Crippen LogP contribution in [0.25, 0.3) is 0 Å². The minimum absolute atomic E-state index is 0.0463. The molecule has 0 radical (unpaired) electrons. The number of urea groups is 1. The third kappa shape index (κ3) is 3.48. The number of hydrogen-bond acceptors (Lipinski definition) is 3. The molecule has 0 spiro atoms. The summed E-state index contributed by atoms with van der Waals surface area (Å²) in [6.45, 7) is 1.67. The van der Waals surface area contributed by atoms with E-state index < -0.39 is 0 Å². The van der Waals surface area contributed by atoms with Gasteiger partial charge < -0.3 is 15.3 Å². The van der Waals surface area contributed by atoms with Crippen LogP contribution in [0.4, 0.5) is 10.5 Å². The van der Waals surface area contributed by atoms with Gasteiger partial charge in [-0.2, -0.15) is 0 Å². The first-order valence-electron chi connectivity index (χ1n) is 6.71. The summed E-state index contributed by atoms with van der Waals surface area (Å²) in [6.07, 6.45) is 0.524. The number of carbonyl (C=O) groups is 2. The third-order valence-corrected chi connectivity index (χ3v) is 3.15. The maximum absolute atomic E-state index is 12.2. The lowest BCUT2D eigenvalue weighted by Gasteiger charge is -2.18. The van der Waals surface area contributed by atoms with Gasteiger partial charge in [0.25, 0.3) is 0 Å². The van der Waals surface area contributed by atoms with Gasteiger partial charge in [-0.05, 0) is 18.6 Å². The number of benzene rings is 1. The summed E-state index contributed by atoms with van der Waals surface area (Å²) in [5.74, 6) is -0.193. The smallest absolute Gasteiger partial charge is 0.325 e. The summed E-state index contributed by atoms with van der Waals surface area (Å²) in [5.41, 5.74) is 0.848. The van der Waals surface area contributed by atoms with Crippen molar-refractivity contribution in [1.82, 2.24) is 10.2 Å². The highest BCUT2D eigenvalue weighted by Gasteiger charge is 2.30. The van der Waals surface area contributed by atoms with Crippen LogP contribution in [-0.2, 0) is 4.79 Å². The maximum Gasteiger partial charge on any atom is 0.325 e. The second-order valence-corrected chi connectivity index (χ2v) is 4.62. The fourth-order valence-corrected chi connectivity index (χ4v) is 2.11. The zero-order valence-corrected chi connectivity index (χ0v) is 11.3. The molecule has 20 heavy (non-hydrogen) atoms. The molecule has 0 unspecified atom stereocenters.